The van der Waals surface area contributed by atoms with Crippen molar-refractivity contribution in [3.05, 3.63) is 77.4 Å². The molecule has 1 aliphatic carbocycles. The summed E-state index contributed by atoms with van der Waals surface area (Å²) in [4.78, 5) is 36.2. The van der Waals surface area contributed by atoms with E-state index in [4.69, 9.17) is 5.11 Å². The zero-order valence-corrected chi connectivity index (χ0v) is 20.0. The summed E-state index contributed by atoms with van der Waals surface area (Å²) < 4.78 is 38.6. The lowest BCUT2D eigenvalue weighted by Crippen LogP contribution is -2.26. The van der Waals surface area contributed by atoms with Crippen LogP contribution in [0.3, 0.4) is 0 Å². The highest BCUT2D eigenvalue weighted by Crippen LogP contribution is 2.39. The Kier molecular flexibility index (Phi) is 8.15. The maximum absolute atomic E-state index is 12.9. The van der Waals surface area contributed by atoms with Crippen molar-refractivity contribution in [2.45, 2.75) is 50.6 Å². The van der Waals surface area contributed by atoms with Crippen molar-refractivity contribution in [1.29, 1.82) is 0 Å². The molecule has 0 bridgehead atoms. The van der Waals surface area contributed by atoms with Crippen molar-refractivity contribution < 1.29 is 27.9 Å². The van der Waals surface area contributed by atoms with Crippen LogP contribution >= 0.6 is 0 Å². The maximum Gasteiger partial charge on any atom is 0.416 e. The van der Waals surface area contributed by atoms with Crippen molar-refractivity contribution in [1.82, 2.24) is 20.3 Å². The molecule has 2 heterocycles. The van der Waals surface area contributed by atoms with Crippen LogP contribution in [0.2, 0.25) is 0 Å². The first-order valence-electron chi connectivity index (χ1n) is 12.1. The maximum atomic E-state index is 12.9. The van der Waals surface area contributed by atoms with Crippen molar-refractivity contribution in [3.63, 3.8) is 0 Å². The van der Waals surface area contributed by atoms with E-state index in [0.29, 0.717) is 29.3 Å². The molecule has 194 valence electrons. The number of hydrogen-bond donors (Lipinski definition) is 2. The first kappa shape index (κ1) is 26.2. The fourth-order valence-electron chi connectivity index (χ4n) is 4.69. The third-order valence-corrected chi connectivity index (χ3v) is 6.68. The number of carbonyl (C=O) groups is 2. The number of carboxylic acids is 1. The average Bonchev–Trinajstić information content (AvgIpc) is 3.42. The highest BCUT2D eigenvalue weighted by Gasteiger charge is 2.30. The number of nitrogens with one attached hydrogen (secondary N) is 1. The predicted octanol–water partition coefficient (Wildman–Crippen LogP) is 5.28. The standard InChI is InChI=1S/C27H27F3N4O3/c28-27(29,30)21-8-5-18(6-9-21)25-33-15-20(16-34-25)23(17-3-1-2-4-17)13-22-10-7-19(14-32-22)26(37)31-12-11-24(35)36/h5-10,14-17,23H,1-4,11-13H2,(H,31,37)(H,35,36)/t23-/m1/s1. The summed E-state index contributed by atoms with van der Waals surface area (Å²) in [7, 11) is 0. The van der Waals surface area contributed by atoms with Crippen LogP contribution in [0.25, 0.3) is 11.4 Å². The van der Waals surface area contributed by atoms with Gasteiger partial charge in [-0.3, -0.25) is 14.6 Å². The molecule has 10 heteroatoms. The molecule has 0 spiro atoms. The third kappa shape index (κ3) is 6.90. The Morgan fingerprint density at radius 1 is 0.973 bits per heavy atom. The fourth-order valence-corrected chi connectivity index (χ4v) is 4.69. The summed E-state index contributed by atoms with van der Waals surface area (Å²) in [5, 5.41) is 11.3. The number of carboxylic acid groups (broad SMARTS) is 1. The van der Waals surface area contributed by atoms with Crippen LogP contribution in [-0.2, 0) is 17.4 Å². The summed E-state index contributed by atoms with van der Waals surface area (Å²) in [6.45, 7) is 0.0438. The highest BCUT2D eigenvalue weighted by atomic mass is 19.4. The number of alkyl halides is 3. The molecule has 1 saturated carbocycles. The smallest absolute Gasteiger partial charge is 0.416 e. The van der Waals surface area contributed by atoms with Crippen LogP contribution in [0.4, 0.5) is 13.2 Å². The Balaban J connectivity index is 1.47. The second kappa shape index (κ2) is 11.5. The van der Waals surface area contributed by atoms with Gasteiger partial charge in [0, 0.05) is 36.4 Å². The lowest BCUT2D eigenvalue weighted by Gasteiger charge is -2.23. The molecular weight excluding hydrogens is 485 g/mol. The number of aliphatic carboxylic acids is 1. The van der Waals surface area contributed by atoms with Gasteiger partial charge >= 0.3 is 12.1 Å². The lowest BCUT2D eigenvalue weighted by molar-refractivity contribution is -0.138. The Hall–Kier alpha value is -3.82. The van der Waals surface area contributed by atoms with Gasteiger partial charge in [-0.05, 0) is 60.9 Å². The molecule has 0 saturated heterocycles. The van der Waals surface area contributed by atoms with E-state index in [1.54, 1.807) is 24.5 Å². The molecule has 2 N–H and O–H groups in total. The van der Waals surface area contributed by atoms with Gasteiger partial charge in [-0.2, -0.15) is 13.2 Å². The monoisotopic (exact) mass is 512 g/mol. The van der Waals surface area contributed by atoms with Gasteiger partial charge in [-0.25, -0.2) is 9.97 Å². The summed E-state index contributed by atoms with van der Waals surface area (Å²) >= 11 is 0. The average molecular weight is 513 g/mol. The number of hydrogen-bond acceptors (Lipinski definition) is 5. The largest absolute Gasteiger partial charge is 0.481 e. The molecular formula is C27H27F3N4O3. The minimum Gasteiger partial charge on any atom is -0.481 e. The second-order valence-corrected chi connectivity index (χ2v) is 9.21. The minimum absolute atomic E-state index is 0.0438. The number of amides is 1. The van der Waals surface area contributed by atoms with Crippen LogP contribution in [0.5, 0.6) is 0 Å². The van der Waals surface area contributed by atoms with Crippen LogP contribution in [0.15, 0.2) is 55.0 Å². The van der Waals surface area contributed by atoms with E-state index < -0.39 is 17.7 Å². The van der Waals surface area contributed by atoms with Crippen molar-refractivity contribution in [2.75, 3.05) is 6.54 Å². The summed E-state index contributed by atoms with van der Waals surface area (Å²) in [5.74, 6) is -0.449. The molecule has 1 aromatic carbocycles. The van der Waals surface area contributed by atoms with Crippen molar-refractivity contribution in [2.24, 2.45) is 5.92 Å². The SMILES string of the molecule is O=C(O)CCNC(=O)c1ccc(C[C@@H](c2cnc(-c3ccc(C(F)(F)F)cc3)nc2)C2CCCC2)nc1. The normalized spacial score (nSPS) is 14.9. The molecule has 0 radical (unpaired) electrons. The molecule has 1 amide bonds. The van der Waals surface area contributed by atoms with Crippen LogP contribution in [0, 0.1) is 5.92 Å². The van der Waals surface area contributed by atoms with Gasteiger partial charge < -0.3 is 10.4 Å². The molecule has 1 atom stereocenters. The number of aromatic nitrogens is 3. The molecule has 37 heavy (non-hydrogen) atoms. The van der Waals surface area contributed by atoms with E-state index in [-0.39, 0.29) is 24.8 Å². The molecule has 1 fully saturated rings. The molecule has 2 aromatic heterocycles. The van der Waals surface area contributed by atoms with Gasteiger partial charge in [0.05, 0.1) is 17.5 Å². The number of carbonyl (C=O) groups excluding carboxylic acids is 1. The number of halogens is 3. The lowest BCUT2D eigenvalue weighted by atomic mass is 9.82. The zero-order valence-electron chi connectivity index (χ0n) is 20.0. The van der Waals surface area contributed by atoms with Gasteiger partial charge in [-0.1, -0.05) is 25.0 Å². The zero-order chi connectivity index (χ0) is 26.4. The Morgan fingerprint density at radius 2 is 1.65 bits per heavy atom. The molecule has 3 aromatic rings. The summed E-state index contributed by atoms with van der Waals surface area (Å²) in [6, 6.07) is 8.26. The van der Waals surface area contributed by atoms with E-state index in [1.807, 2.05) is 0 Å². The molecule has 1 aliphatic rings. The first-order chi connectivity index (χ1) is 17.7. The van der Waals surface area contributed by atoms with Gasteiger partial charge in [0.1, 0.15) is 0 Å². The van der Waals surface area contributed by atoms with E-state index in [2.05, 4.69) is 20.3 Å². The van der Waals surface area contributed by atoms with Crippen molar-refractivity contribution in [3.8, 4) is 11.4 Å². The quantitative estimate of drug-likeness (QED) is 0.404. The van der Waals surface area contributed by atoms with Crippen LogP contribution < -0.4 is 5.32 Å². The number of nitrogens with zero attached hydrogens (tertiary/aromatic N) is 3. The van der Waals surface area contributed by atoms with E-state index in [1.165, 1.54) is 18.3 Å². The van der Waals surface area contributed by atoms with Gasteiger partial charge in [-0.15, -0.1) is 0 Å². The Labute approximate surface area is 212 Å². The van der Waals surface area contributed by atoms with Crippen LogP contribution in [-0.4, -0.2) is 38.5 Å². The molecule has 7 nitrogen and oxygen atoms in total. The fraction of sp³-hybridized carbons (Fsp3) is 0.370. The predicted molar refractivity (Wildman–Crippen MR) is 130 cm³/mol. The Morgan fingerprint density at radius 3 is 2.22 bits per heavy atom. The van der Waals surface area contributed by atoms with E-state index >= 15 is 0 Å². The Bertz CT molecular complexity index is 1210. The molecule has 4 rings (SSSR count). The number of pyridine rings is 1. The van der Waals surface area contributed by atoms with Crippen molar-refractivity contribution >= 4 is 11.9 Å². The van der Waals surface area contributed by atoms with Crippen LogP contribution in [0.1, 0.15) is 65.2 Å². The number of rotatable bonds is 9. The van der Waals surface area contributed by atoms with E-state index in [0.717, 1.165) is 49.1 Å². The summed E-state index contributed by atoms with van der Waals surface area (Å²) in [5.41, 5.74) is 1.91. The topological polar surface area (TPSA) is 105 Å². The highest BCUT2D eigenvalue weighted by molar-refractivity contribution is 5.94. The van der Waals surface area contributed by atoms with Gasteiger partial charge in [0.25, 0.3) is 5.91 Å². The number of benzene rings is 1. The molecule has 0 aliphatic heterocycles. The van der Waals surface area contributed by atoms with Gasteiger partial charge in [0.2, 0.25) is 0 Å². The van der Waals surface area contributed by atoms with E-state index in [9.17, 15) is 22.8 Å². The van der Waals surface area contributed by atoms with Gasteiger partial charge in [0.15, 0.2) is 5.82 Å². The molecule has 0 unspecified atom stereocenters. The first-order valence-corrected chi connectivity index (χ1v) is 12.1. The second-order valence-electron chi connectivity index (χ2n) is 9.21. The third-order valence-electron chi connectivity index (χ3n) is 6.68. The minimum atomic E-state index is -4.39. The summed E-state index contributed by atoms with van der Waals surface area (Å²) in [6.07, 6.45) is 5.51.